The lowest BCUT2D eigenvalue weighted by Crippen LogP contribution is -2.47. The van der Waals surface area contributed by atoms with Crippen molar-refractivity contribution in [1.29, 1.82) is 0 Å². The number of halogens is 1. The molecule has 0 aromatic rings. The fourth-order valence-corrected chi connectivity index (χ4v) is 6.77. The predicted molar refractivity (Wildman–Crippen MR) is 91.3 cm³/mol. The molecular weight excluding hydrogens is 375 g/mol. The highest BCUT2D eigenvalue weighted by Crippen LogP contribution is 2.62. The number of carbonyl (C=O) groups is 1. The zero-order valence-corrected chi connectivity index (χ0v) is 14.7. The van der Waals surface area contributed by atoms with Gasteiger partial charge in [0.1, 0.15) is 0 Å². The fourth-order valence-electron chi connectivity index (χ4n) is 5.45. The van der Waals surface area contributed by atoms with Crippen LogP contribution in [-0.2, 0) is 4.79 Å². The number of allylic oxidation sites excluding steroid dienone is 4. The normalized spacial score (nSPS) is 48.9. The summed E-state index contributed by atoms with van der Waals surface area (Å²) >= 11 is 2.62. The zero-order chi connectivity index (χ0) is 14.8. The number of fused-ring (bicyclic) bond motifs is 5. The Morgan fingerprint density at radius 1 is 1.29 bits per heavy atom. The molecule has 0 radical (unpaired) electrons. The molecule has 0 unspecified atom stereocenters. The summed E-state index contributed by atoms with van der Waals surface area (Å²) in [5, 5.41) is 10.4. The summed E-state index contributed by atoms with van der Waals surface area (Å²) in [6, 6.07) is 0. The van der Waals surface area contributed by atoms with Gasteiger partial charge in [-0.25, -0.2) is 0 Å². The molecule has 0 aliphatic heterocycles. The lowest BCUT2D eigenvalue weighted by Gasteiger charge is -2.52. The second-order valence-corrected chi connectivity index (χ2v) is 9.49. The molecule has 0 aromatic carbocycles. The molecule has 0 bridgehead atoms. The quantitative estimate of drug-likeness (QED) is 0.381. The number of hydrogen-bond donors (Lipinski definition) is 1. The third-order valence-electron chi connectivity index (χ3n) is 6.75. The molecule has 0 saturated heterocycles. The van der Waals surface area contributed by atoms with E-state index in [1.807, 2.05) is 6.08 Å². The van der Waals surface area contributed by atoms with Gasteiger partial charge < -0.3 is 5.11 Å². The summed E-state index contributed by atoms with van der Waals surface area (Å²) < 4.78 is 0.101. The second kappa shape index (κ2) is 4.67. The van der Waals surface area contributed by atoms with Crippen LogP contribution < -0.4 is 0 Å². The molecule has 0 spiro atoms. The Balaban J connectivity index is 1.76. The van der Waals surface area contributed by atoms with E-state index in [1.165, 1.54) is 18.4 Å². The maximum absolute atomic E-state index is 11.8. The number of hydrogen-bond acceptors (Lipinski definition) is 2. The summed E-state index contributed by atoms with van der Waals surface area (Å²) in [5.74, 6) is 1.58. The van der Waals surface area contributed by atoms with E-state index in [0.717, 1.165) is 25.7 Å². The molecule has 0 aromatic heterocycles. The highest BCUT2D eigenvalue weighted by molar-refractivity contribution is 14.1. The van der Waals surface area contributed by atoms with Crippen LogP contribution in [0.25, 0.3) is 0 Å². The molecular formula is C18H23IO2. The lowest BCUT2D eigenvalue weighted by molar-refractivity contribution is -0.115. The van der Waals surface area contributed by atoms with Gasteiger partial charge in [0.2, 0.25) is 0 Å². The summed E-state index contributed by atoms with van der Waals surface area (Å²) in [5.41, 5.74) is 3.04. The van der Waals surface area contributed by atoms with E-state index in [9.17, 15) is 9.90 Å². The second-order valence-electron chi connectivity index (χ2n) is 7.65. The third kappa shape index (κ3) is 1.89. The molecule has 2 saturated carbocycles. The maximum Gasteiger partial charge on any atom is 0.155 e. The molecule has 21 heavy (non-hydrogen) atoms. The monoisotopic (exact) mass is 398 g/mol. The Labute approximate surface area is 140 Å². The average Bonchev–Trinajstić information content (AvgIpc) is 2.76. The van der Waals surface area contributed by atoms with Crippen LogP contribution in [0.15, 0.2) is 23.3 Å². The van der Waals surface area contributed by atoms with E-state index in [0.29, 0.717) is 24.0 Å². The van der Waals surface area contributed by atoms with Crippen molar-refractivity contribution < 1.29 is 9.90 Å². The van der Waals surface area contributed by atoms with Gasteiger partial charge in [-0.3, -0.25) is 4.79 Å². The summed E-state index contributed by atoms with van der Waals surface area (Å²) in [6.07, 6.45) is 11.3. The van der Waals surface area contributed by atoms with E-state index in [2.05, 4.69) is 35.6 Å². The van der Waals surface area contributed by atoms with Gasteiger partial charge in [0.15, 0.2) is 5.78 Å². The van der Waals surface area contributed by atoms with Crippen molar-refractivity contribution in [2.75, 3.05) is 0 Å². The first-order chi connectivity index (χ1) is 9.95. The molecule has 2 nitrogen and oxygen atoms in total. The number of alkyl halides is 1. The number of carbonyl (C=O) groups excluding carboxylic acids is 1. The van der Waals surface area contributed by atoms with Crippen LogP contribution in [0.2, 0.25) is 0 Å². The van der Waals surface area contributed by atoms with Gasteiger partial charge in [0, 0.05) is 11.8 Å². The molecule has 3 heteroatoms. The molecule has 0 amide bonds. The maximum atomic E-state index is 11.8. The van der Waals surface area contributed by atoms with Gasteiger partial charge in [0.05, 0.1) is 9.53 Å². The zero-order valence-electron chi connectivity index (χ0n) is 12.6. The molecule has 1 N–H and O–H groups in total. The Kier molecular flexibility index (Phi) is 3.21. The van der Waals surface area contributed by atoms with Crippen molar-refractivity contribution in [3.63, 3.8) is 0 Å². The topological polar surface area (TPSA) is 37.3 Å². The van der Waals surface area contributed by atoms with Crippen molar-refractivity contribution in [2.45, 2.75) is 61.4 Å². The molecule has 4 aliphatic rings. The van der Waals surface area contributed by atoms with Crippen LogP contribution in [0.1, 0.15) is 51.9 Å². The predicted octanol–water partition coefficient (Wildman–Crippen LogP) is 3.97. The Hall–Kier alpha value is -0.160. The fraction of sp³-hybridized carbons (Fsp3) is 0.722. The minimum absolute atomic E-state index is 0.0901. The van der Waals surface area contributed by atoms with Crippen molar-refractivity contribution in [3.05, 3.63) is 23.3 Å². The van der Waals surface area contributed by atoms with E-state index in [-0.39, 0.29) is 14.9 Å². The smallest absolute Gasteiger partial charge is 0.155 e. The Morgan fingerprint density at radius 2 is 2.10 bits per heavy atom. The standard InChI is InChI=1S/C18H23IO2/c1-17-8-7-15-13(14(17)4-5-16(17)21)3-2-11-10-12(20)6-9-18(11,15)19/h7,10,13-14,16,21H,2-6,8-9H2,1H3/t13-,14-,16-,17-,18+/m0/s1. The Morgan fingerprint density at radius 3 is 2.90 bits per heavy atom. The largest absolute Gasteiger partial charge is 0.393 e. The van der Waals surface area contributed by atoms with Gasteiger partial charge in [-0.2, -0.15) is 0 Å². The molecule has 114 valence electrons. The highest BCUT2D eigenvalue weighted by atomic mass is 127. The van der Waals surface area contributed by atoms with Gasteiger partial charge in [-0.05, 0) is 62.0 Å². The molecule has 0 heterocycles. The third-order valence-corrected chi connectivity index (χ3v) is 8.60. The van der Waals surface area contributed by atoms with Crippen LogP contribution in [-0.4, -0.2) is 20.4 Å². The Bertz CT molecular complexity index is 564. The van der Waals surface area contributed by atoms with Crippen molar-refractivity contribution >= 4 is 28.4 Å². The summed E-state index contributed by atoms with van der Waals surface area (Å²) in [7, 11) is 0. The first-order valence-electron chi connectivity index (χ1n) is 8.26. The number of ketones is 1. The van der Waals surface area contributed by atoms with Gasteiger partial charge in [-0.15, -0.1) is 0 Å². The van der Waals surface area contributed by atoms with Crippen LogP contribution in [0.5, 0.6) is 0 Å². The van der Waals surface area contributed by atoms with Gasteiger partial charge in [0.25, 0.3) is 0 Å². The molecule has 4 aliphatic carbocycles. The number of aliphatic hydroxyl groups is 1. The average molecular weight is 398 g/mol. The van der Waals surface area contributed by atoms with E-state index < -0.39 is 0 Å². The van der Waals surface area contributed by atoms with Gasteiger partial charge >= 0.3 is 0 Å². The minimum Gasteiger partial charge on any atom is -0.393 e. The number of aliphatic hydroxyl groups excluding tert-OH is 1. The van der Waals surface area contributed by atoms with Gasteiger partial charge in [-0.1, -0.05) is 41.2 Å². The van der Waals surface area contributed by atoms with E-state index >= 15 is 0 Å². The first-order valence-corrected chi connectivity index (χ1v) is 9.34. The SMILES string of the molecule is C[C@]12CC=C3[C@@H](CCC4=CC(=O)CC[C@@]43I)[C@@H]1CC[C@@H]2O. The molecule has 4 rings (SSSR count). The highest BCUT2D eigenvalue weighted by Gasteiger charge is 2.56. The van der Waals surface area contributed by atoms with Crippen molar-refractivity contribution in [3.8, 4) is 0 Å². The first kappa shape index (κ1) is 14.4. The molecule has 5 atom stereocenters. The van der Waals surface area contributed by atoms with Crippen LogP contribution in [0.3, 0.4) is 0 Å². The van der Waals surface area contributed by atoms with Crippen LogP contribution in [0.4, 0.5) is 0 Å². The van der Waals surface area contributed by atoms with Crippen molar-refractivity contribution in [1.82, 2.24) is 0 Å². The molecule has 2 fully saturated rings. The summed E-state index contributed by atoms with van der Waals surface area (Å²) in [4.78, 5) is 11.8. The van der Waals surface area contributed by atoms with Crippen LogP contribution >= 0.6 is 22.6 Å². The minimum atomic E-state index is -0.129. The van der Waals surface area contributed by atoms with Crippen molar-refractivity contribution in [2.24, 2.45) is 17.3 Å². The van der Waals surface area contributed by atoms with E-state index in [1.54, 1.807) is 5.57 Å². The number of rotatable bonds is 0. The van der Waals surface area contributed by atoms with E-state index in [4.69, 9.17) is 0 Å². The lowest BCUT2D eigenvalue weighted by atomic mass is 9.56. The van der Waals surface area contributed by atoms with Crippen LogP contribution in [0, 0.1) is 17.3 Å². The summed E-state index contributed by atoms with van der Waals surface area (Å²) in [6.45, 7) is 2.29.